The third-order valence-corrected chi connectivity index (χ3v) is 11.0. The molecule has 7 rings (SSSR count). The van der Waals surface area contributed by atoms with Crippen molar-refractivity contribution in [1.82, 2.24) is 35.4 Å². The number of halogens is 1. The highest BCUT2D eigenvalue weighted by Gasteiger charge is 2.31. The fourth-order valence-electron chi connectivity index (χ4n) is 7.46. The van der Waals surface area contributed by atoms with Crippen molar-refractivity contribution < 1.29 is 28.3 Å². The molecule has 0 spiro atoms. The summed E-state index contributed by atoms with van der Waals surface area (Å²) < 4.78 is 12.6. The van der Waals surface area contributed by atoms with Crippen molar-refractivity contribution in [1.29, 1.82) is 0 Å². The van der Waals surface area contributed by atoms with Crippen molar-refractivity contribution >= 4 is 63.6 Å². The smallest absolute Gasteiger partial charge is 0.293 e. The lowest BCUT2D eigenvalue weighted by molar-refractivity contribution is -0.134. The first-order chi connectivity index (χ1) is 26.5. The van der Waals surface area contributed by atoms with Crippen molar-refractivity contribution in [2.24, 2.45) is 13.0 Å². The Balaban J connectivity index is 0.894. The highest BCUT2D eigenvalue weighted by atomic mass is 35.5. The van der Waals surface area contributed by atoms with Gasteiger partial charge in [-0.2, -0.15) is 4.98 Å². The van der Waals surface area contributed by atoms with Gasteiger partial charge in [0.05, 0.1) is 18.0 Å². The molecule has 4 aromatic rings. The highest BCUT2D eigenvalue weighted by Crippen LogP contribution is 2.32. The van der Waals surface area contributed by atoms with Crippen LogP contribution in [-0.2, 0) is 21.4 Å². The van der Waals surface area contributed by atoms with E-state index in [1.807, 2.05) is 18.2 Å². The molecule has 1 unspecified atom stereocenters. The van der Waals surface area contributed by atoms with Crippen LogP contribution in [0.15, 0.2) is 52.0 Å². The largest absolute Gasteiger partial charge is 0.478 e. The van der Waals surface area contributed by atoms with E-state index >= 15 is 0 Å². The number of ether oxygens (including phenoxy) is 1. The van der Waals surface area contributed by atoms with E-state index < -0.39 is 17.9 Å². The number of aryl methyl sites for hydroxylation is 1. The number of imide groups is 1. The molecule has 3 aliphatic rings. The number of benzene rings is 1. The number of rotatable bonds is 11. The van der Waals surface area contributed by atoms with Gasteiger partial charge in [0.2, 0.25) is 17.8 Å². The van der Waals surface area contributed by atoms with Gasteiger partial charge in [0.25, 0.3) is 17.4 Å². The molecule has 17 heteroatoms. The van der Waals surface area contributed by atoms with Crippen LogP contribution in [0.25, 0.3) is 10.9 Å². The van der Waals surface area contributed by atoms with Crippen molar-refractivity contribution in [2.75, 3.05) is 56.6 Å². The van der Waals surface area contributed by atoms with Crippen molar-refractivity contribution in [3.8, 4) is 5.75 Å². The van der Waals surface area contributed by atoms with Crippen LogP contribution in [-0.4, -0.2) is 95.5 Å². The molecule has 55 heavy (non-hydrogen) atoms. The van der Waals surface area contributed by atoms with Gasteiger partial charge in [0.15, 0.2) is 23.9 Å². The van der Waals surface area contributed by atoms with Gasteiger partial charge in [-0.1, -0.05) is 11.6 Å². The second kappa shape index (κ2) is 16.5. The van der Waals surface area contributed by atoms with E-state index in [1.165, 1.54) is 11.6 Å². The lowest BCUT2D eigenvalue weighted by Gasteiger charge is -2.37. The van der Waals surface area contributed by atoms with Gasteiger partial charge in [-0.25, -0.2) is 4.98 Å². The number of hydrogen-bond donors (Lipinski definition) is 4. The number of likely N-dealkylation sites (tertiary alicyclic amines) is 1. The number of amides is 4. The lowest BCUT2D eigenvalue weighted by atomic mass is 9.89. The first-order valence-corrected chi connectivity index (χ1v) is 18.9. The molecule has 0 saturated carbocycles. The van der Waals surface area contributed by atoms with Gasteiger partial charge in [-0.05, 0) is 92.9 Å². The zero-order valence-electron chi connectivity index (χ0n) is 30.7. The topological polar surface area (TPSA) is 193 Å². The van der Waals surface area contributed by atoms with E-state index in [4.69, 9.17) is 25.7 Å². The average Bonchev–Trinajstić information content (AvgIpc) is 3.69. The number of nitrogens with one attached hydrogen (secondary N) is 4. The van der Waals surface area contributed by atoms with E-state index in [1.54, 1.807) is 31.6 Å². The third kappa shape index (κ3) is 8.75. The van der Waals surface area contributed by atoms with Gasteiger partial charge in [0.1, 0.15) is 11.1 Å². The Hall–Kier alpha value is -5.48. The number of furan rings is 1. The summed E-state index contributed by atoms with van der Waals surface area (Å²) >= 11 is 6.54. The average molecular weight is 774 g/mol. The summed E-state index contributed by atoms with van der Waals surface area (Å²) in [5.41, 5.74) is 2.06. The van der Waals surface area contributed by atoms with E-state index in [-0.39, 0.29) is 48.3 Å². The molecule has 3 fully saturated rings. The summed E-state index contributed by atoms with van der Waals surface area (Å²) in [6.45, 7) is 4.32. The summed E-state index contributed by atoms with van der Waals surface area (Å²) in [4.78, 5) is 74.6. The van der Waals surface area contributed by atoms with Crippen LogP contribution in [0.2, 0.25) is 5.02 Å². The first-order valence-electron chi connectivity index (χ1n) is 18.5. The van der Waals surface area contributed by atoms with E-state index in [0.717, 1.165) is 69.4 Å². The molecule has 1 aromatic carbocycles. The number of hydrogen-bond acceptors (Lipinski definition) is 12. The predicted octanol–water partition coefficient (Wildman–Crippen LogP) is 3.07. The van der Waals surface area contributed by atoms with E-state index in [0.29, 0.717) is 39.8 Å². The molecule has 6 heterocycles. The number of likely N-dealkylation sites (N-methyl/N-ethyl adjacent to an activating group) is 1. The highest BCUT2D eigenvalue weighted by molar-refractivity contribution is 6.33. The minimum absolute atomic E-state index is 0.0763. The summed E-state index contributed by atoms with van der Waals surface area (Å²) in [5, 5.41) is 11.8. The van der Waals surface area contributed by atoms with Gasteiger partial charge < -0.3 is 39.5 Å². The maximum absolute atomic E-state index is 12.8. The number of carbonyl (C=O) groups excluding carboxylic acids is 4. The van der Waals surface area contributed by atoms with Crippen LogP contribution in [0.3, 0.4) is 0 Å². The Labute approximate surface area is 321 Å². The molecule has 4 N–H and O–H groups in total. The number of anilines is 3. The number of nitrogens with zero attached hydrogens (tertiary/aromatic N) is 5. The van der Waals surface area contributed by atoms with Crippen LogP contribution >= 0.6 is 11.6 Å². The van der Waals surface area contributed by atoms with Gasteiger partial charge in [-0.3, -0.25) is 29.3 Å². The van der Waals surface area contributed by atoms with Crippen molar-refractivity contribution in [3.63, 3.8) is 0 Å². The van der Waals surface area contributed by atoms with Crippen LogP contribution < -0.4 is 36.5 Å². The normalized spacial score (nSPS) is 18.6. The molecule has 3 aromatic heterocycles. The van der Waals surface area contributed by atoms with Gasteiger partial charge in [0, 0.05) is 51.2 Å². The molecule has 16 nitrogen and oxygen atoms in total. The molecular formula is C38H44ClN9O7. The Kier molecular flexibility index (Phi) is 11.3. The number of piperidine rings is 3. The molecule has 0 radical (unpaired) electrons. The second-order valence-corrected chi connectivity index (χ2v) is 14.7. The molecule has 3 saturated heterocycles. The number of aromatic nitrogens is 3. The molecule has 3 aliphatic heterocycles. The number of carbonyl (C=O) groups is 4. The van der Waals surface area contributed by atoms with Crippen molar-refractivity contribution in [3.05, 3.63) is 69.5 Å². The van der Waals surface area contributed by atoms with Gasteiger partial charge >= 0.3 is 0 Å². The van der Waals surface area contributed by atoms with Gasteiger partial charge in [-0.15, -0.1) is 0 Å². The Morgan fingerprint density at radius 2 is 1.82 bits per heavy atom. The first kappa shape index (κ1) is 37.8. The minimum atomic E-state index is -0.746. The molecule has 0 bridgehead atoms. The monoisotopic (exact) mass is 773 g/mol. The Morgan fingerprint density at radius 3 is 2.56 bits per heavy atom. The molecule has 1 atom stereocenters. The summed E-state index contributed by atoms with van der Waals surface area (Å²) in [7, 11) is 3.16. The fraction of sp³-hybridized carbons (Fsp3) is 0.447. The molecule has 290 valence electrons. The van der Waals surface area contributed by atoms with Crippen LogP contribution in [0.1, 0.15) is 60.6 Å². The zero-order chi connectivity index (χ0) is 38.6. The maximum atomic E-state index is 12.8. The SMILES string of the molecule is CNC(=O)COc1cc2cc(Nc3nc(N4CCC(CN5CCC(c6coc(C(=O)NC7CCC(=O)NC7=O)c6)CC5)CC4)ncc3Cl)ccc2n(C)c1=O. The lowest BCUT2D eigenvalue weighted by Crippen LogP contribution is -2.52. The van der Waals surface area contributed by atoms with Crippen molar-refractivity contribution in [2.45, 2.75) is 50.5 Å². The summed E-state index contributed by atoms with van der Waals surface area (Å²) in [6, 6.07) is 8.18. The third-order valence-electron chi connectivity index (χ3n) is 10.7. The summed E-state index contributed by atoms with van der Waals surface area (Å²) in [5.74, 6) is 0.544. The second-order valence-electron chi connectivity index (χ2n) is 14.3. The summed E-state index contributed by atoms with van der Waals surface area (Å²) in [6.07, 6.45) is 7.65. The van der Waals surface area contributed by atoms with Crippen LogP contribution in [0, 0.1) is 5.92 Å². The maximum Gasteiger partial charge on any atom is 0.293 e. The predicted molar refractivity (Wildman–Crippen MR) is 205 cm³/mol. The molecular weight excluding hydrogens is 730 g/mol. The molecule has 0 aliphatic carbocycles. The van der Waals surface area contributed by atoms with E-state index in [9.17, 15) is 24.0 Å². The molecule has 4 amide bonds. The Bertz CT molecular complexity index is 2160. The number of fused-ring (bicyclic) bond motifs is 1. The van der Waals surface area contributed by atoms with E-state index in [2.05, 4.69) is 36.1 Å². The number of pyridine rings is 1. The fourth-order valence-corrected chi connectivity index (χ4v) is 7.60. The quantitative estimate of drug-likeness (QED) is 0.163. The zero-order valence-corrected chi connectivity index (χ0v) is 31.5. The van der Waals surface area contributed by atoms with Crippen LogP contribution in [0.4, 0.5) is 17.5 Å². The Morgan fingerprint density at radius 1 is 1.04 bits per heavy atom. The van der Waals surface area contributed by atoms with Crippen LogP contribution in [0.5, 0.6) is 5.75 Å². The minimum Gasteiger partial charge on any atom is -0.478 e. The standard InChI is InChI=1S/C38H44ClN9O7/c1-40-33(50)21-55-31-16-24-15-26(3-5-29(24)46(2)37(31)53)42-34-27(39)18-41-38(45-34)48-13-7-22(8-14-48)19-47-11-9-23(10-12-47)25-17-30(54-20-25)36(52)43-28-4-6-32(49)44-35(28)51/h3,5,15-18,20,22-23,28H,4,6-14,19,21H2,1-2H3,(H,40,50)(H,43,52)(H,41,42,45)(H,44,49,51).